The van der Waals surface area contributed by atoms with Crippen molar-refractivity contribution in [2.24, 2.45) is 5.73 Å². The van der Waals surface area contributed by atoms with Gasteiger partial charge in [0.05, 0.1) is 0 Å². The standard InChI is InChI=1S/C14H20FN3O.C2H6/c1-9-3-4-10(15)7-11(9)14(19)17-13-5-6-18(2)8-12(13)16;1-2/h3-4,7,12-13H,5-6,8,16H2,1-2H3,(H,17,19);1-2H3. The van der Waals surface area contributed by atoms with Crippen LogP contribution in [0.4, 0.5) is 4.39 Å². The summed E-state index contributed by atoms with van der Waals surface area (Å²) in [7, 11) is 2.01. The number of hydrogen-bond acceptors (Lipinski definition) is 3. The van der Waals surface area contributed by atoms with E-state index in [4.69, 9.17) is 5.73 Å². The second kappa shape index (κ2) is 8.10. The second-order valence-corrected chi connectivity index (χ2v) is 5.25. The third-order valence-corrected chi connectivity index (χ3v) is 3.62. The van der Waals surface area contributed by atoms with E-state index in [2.05, 4.69) is 10.2 Å². The minimum absolute atomic E-state index is 0.0497. The van der Waals surface area contributed by atoms with Gasteiger partial charge < -0.3 is 16.0 Å². The summed E-state index contributed by atoms with van der Waals surface area (Å²) in [5, 5.41) is 2.92. The fourth-order valence-corrected chi connectivity index (χ4v) is 2.42. The van der Waals surface area contributed by atoms with Crippen molar-refractivity contribution in [2.45, 2.75) is 39.3 Å². The minimum Gasteiger partial charge on any atom is -0.348 e. The van der Waals surface area contributed by atoms with Crippen LogP contribution in [-0.4, -0.2) is 43.0 Å². The lowest BCUT2D eigenvalue weighted by atomic mass is 9.99. The highest BCUT2D eigenvalue weighted by molar-refractivity contribution is 5.95. The second-order valence-electron chi connectivity index (χ2n) is 5.25. The molecular weight excluding hydrogens is 269 g/mol. The van der Waals surface area contributed by atoms with Crippen molar-refractivity contribution in [3.05, 3.63) is 35.1 Å². The minimum atomic E-state index is -0.400. The van der Waals surface area contributed by atoms with Crippen LogP contribution in [0.15, 0.2) is 18.2 Å². The van der Waals surface area contributed by atoms with Gasteiger partial charge in [0.25, 0.3) is 5.91 Å². The average Bonchev–Trinajstić information content (AvgIpc) is 2.46. The zero-order chi connectivity index (χ0) is 16.0. The molecule has 3 N–H and O–H groups in total. The summed E-state index contributed by atoms with van der Waals surface area (Å²) in [5.41, 5.74) is 7.18. The number of halogens is 1. The van der Waals surface area contributed by atoms with Gasteiger partial charge in [-0.05, 0) is 44.6 Å². The molecule has 0 spiro atoms. The summed E-state index contributed by atoms with van der Waals surface area (Å²) in [6.45, 7) is 7.46. The monoisotopic (exact) mass is 295 g/mol. The first-order valence-corrected chi connectivity index (χ1v) is 7.48. The fourth-order valence-electron chi connectivity index (χ4n) is 2.42. The van der Waals surface area contributed by atoms with Crippen LogP contribution in [0.5, 0.6) is 0 Å². The van der Waals surface area contributed by atoms with Gasteiger partial charge in [0, 0.05) is 24.2 Å². The Morgan fingerprint density at radius 1 is 1.43 bits per heavy atom. The number of amides is 1. The van der Waals surface area contributed by atoms with Crippen molar-refractivity contribution in [3.8, 4) is 0 Å². The number of benzene rings is 1. The first-order chi connectivity index (χ1) is 9.97. The zero-order valence-corrected chi connectivity index (χ0v) is 13.3. The molecule has 0 radical (unpaired) electrons. The number of hydrogen-bond donors (Lipinski definition) is 2. The topological polar surface area (TPSA) is 58.4 Å². The molecule has 1 aromatic carbocycles. The van der Waals surface area contributed by atoms with Gasteiger partial charge in [0.2, 0.25) is 0 Å². The molecule has 21 heavy (non-hydrogen) atoms. The van der Waals surface area contributed by atoms with Crippen molar-refractivity contribution >= 4 is 5.91 Å². The number of piperidine rings is 1. The van der Waals surface area contributed by atoms with Gasteiger partial charge in [-0.1, -0.05) is 19.9 Å². The zero-order valence-electron chi connectivity index (χ0n) is 13.3. The molecule has 2 unspecified atom stereocenters. The molecule has 0 aliphatic carbocycles. The smallest absolute Gasteiger partial charge is 0.251 e. The third-order valence-electron chi connectivity index (χ3n) is 3.62. The van der Waals surface area contributed by atoms with Crippen molar-refractivity contribution < 1.29 is 9.18 Å². The quantitative estimate of drug-likeness (QED) is 0.876. The predicted octanol–water partition coefficient (Wildman–Crippen LogP) is 1.92. The Morgan fingerprint density at radius 2 is 2.10 bits per heavy atom. The third kappa shape index (κ3) is 4.79. The molecule has 0 saturated carbocycles. The number of nitrogens with two attached hydrogens (primary N) is 1. The Bertz CT molecular complexity index is 479. The largest absolute Gasteiger partial charge is 0.348 e. The number of aryl methyl sites for hydroxylation is 1. The summed E-state index contributed by atoms with van der Waals surface area (Å²) in [6.07, 6.45) is 0.817. The Balaban J connectivity index is 0.00000106. The molecule has 1 fully saturated rings. The van der Waals surface area contributed by atoms with E-state index in [-0.39, 0.29) is 18.0 Å². The summed E-state index contributed by atoms with van der Waals surface area (Å²) in [4.78, 5) is 14.3. The molecule has 1 saturated heterocycles. The number of carbonyl (C=O) groups excluding carboxylic acids is 1. The van der Waals surface area contributed by atoms with Crippen molar-refractivity contribution in [1.82, 2.24) is 10.2 Å². The summed E-state index contributed by atoms with van der Waals surface area (Å²) >= 11 is 0. The number of nitrogens with zero attached hydrogens (tertiary/aromatic N) is 1. The van der Waals surface area contributed by atoms with E-state index in [0.717, 1.165) is 25.1 Å². The van der Waals surface area contributed by atoms with Crippen LogP contribution < -0.4 is 11.1 Å². The highest BCUT2D eigenvalue weighted by Gasteiger charge is 2.26. The maximum atomic E-state index is 13.2. The number of nitrogens with one attached hydrogen (secondary N) is 1. The molecule has 1 aliphatic heterocycles. The van der Waals surface area contributed by atoms with Crippen LogP contribution in [0.1, 0.15) is 36.2 Å². The molecule has 2 rings (SSSR count). The van der Waals surface area contributed by atoms with Crippen LogP contribution in [0, 0.1) is 12.7 Å². The maximum absolute atomic E-state index is 13.2. The summed E-state index contributed by atoms with van der Waals surface area (Å²) in [5.74, 6) is -0.648. The fraction of sp³-hybridized carbons (Fsp3) is 0.562. The average molecular weight is 295 g/mol. The normalized spacial score (nSPS) is 22.2. The highest BCUT2D eigenvalue weighted by atomic mass is 19.1. The van der Waals surface area contributed by atoms with Gasteiger partial charge in [-0.15, -0.1) is 0 Å². The summed E-state index contributed by atoms with van der Waals surface area (Å²) < 4.78 is 13.2. The van der Waals surface area contributed by atoms with E-state index in [1.165, 1.54) is 12.1 Å². The number of likely N-dealkylation sites (tertiary alicyclic amines) is 1. The summed E-state index contributed by atoms with van der Waals surface area (Å²) in [6, 6.07) is 4.10. The van der Waals surface area contributed by atoms with Crippen LogP contribution >= 0.6 is 0 Å². The molecule has 1 aromatic rings. The molecule has 0 aromatic heterocycles. The number of likely N-dealkylation sites (N-methyl/N-ethyl adjacent to an activating group) is 1. The molecule has 1 amide bonds. The first kappa shape index (κ1) is 17.6. The molecule has 1 heterocycles. The molecule has 0 bridgehead atoms. The van der Waals surface area contributed by atoms with Crippen LogP contribution in [-0.2, 0) is 0 Å². The predicted molar refractivity (Wildman–Crippen MR) is 83.8 cm³/mol. The van der Waals surface area contributed by atoms with Crippen molar-refractivity contribution in [2.75, 3.05) is 20.1 Å². The van der Waals surface area contributed by atoms with E-state index >= 15 is 0 Å². The van der Waals surface area contributed by atoms with Crippen LogP contribution in [0.25, 0.3) is 0 Å². The number of rotatable bonds is 2. The van der Waals surface area contributed by atoms with Gasteiger partial charge in [0.1, 0.15) is 5.82 Å². The van der Waals surface area contributed by atoms with Crippen LogP contribution in [0.3, 0.4) is 0 Å². The molecule has 1 aliphatic rings. The maximum Gasteiger partial charge on any atom is 0.251 e. The highest BCUT2D eigenvalue weighted by Crippen LogP contribution is 2.13. The van der Waals surface area contributed by atoms with E-state index in [9.17, 15) is 9.18 Å². The molecule has 2 atom stereocenters. The van der Waals surface area contributed by atoms with Gasteiger partial charge in [0.15, 0.2) is 0 Å². The lowest BCUT2D eigenvalue weighted by Gasteiger charge is -2.35. The van der Waals surface area contributed by atoms with E-state index in [1.54, 1.807) is 13.0 Å². The van der Waals surface area contributed by atoms with E-state index in [0.29, 0.717) is 5.56 Å². The van der Waals surface area contributed by atoms with Gasteiger partial charge in [-0.2, -0.15) is 0 Å². The lowest BCUT2D eigenvalue weighted by Crippen LogP contribution is -2.57. The van der Waals surface area contributed by atoms with Gasteiger partial charge in [-0.25, -0.2) is 4.39 Å². The van der Waals surface area contributed by atoms with Crippen molar-refractivity contribution in [3.63, 3.8) is 0 Å². The van der Waals surface area contributed by atoms with E-state index in [1.807, 2.05) is 20.9 Å². The molecular formula is C16H26FN3O. The molecule has 4 nitrogen and oxygen atoms in total. The van der Waals surface area contributed by atoms with E-state index < -0.39 is 5.82 Å². The van der Waals surface area contributed by atoms with Crippen LogP contribution in [0.2, 0.25) is 0 Å². The lowest BCUT2D eigenvalue weighted by molar-refractivity contribution is 0.0904. The Hall–Kier alpha value is -1.46. The molecule has 5 heteroatoms. The number of carbonyl (C=O) groups is 1. The Labute approximate surface area is 126 Å². The first-order valence-electron chi connectivity index (χ1n) is 7.48. The molecule has 118 valence electrons. The SMILES string of the molecule is CC.Cc1ccc(F)cc1C(=O)NC1CCN(C)CC1N. The Morgan fingerprint density at radius 3 is 2.71 bits per heavy atom. The van der Waals surface area contributed by atoms with Gasteiger partial charge in [-0.3, -0.25) is 4.79 Å². The Kier molecular flexibility index (Phi) is 6.78. The van der Waals surface area contributed by atoms with Gasteiger partial charge >= 0.3 is 0 Å². The van der Waals surface area contributed by atoms with Crippen molar-refractivity contribution in [1.29, 1.82) is 0 Å².